The predicted octanol–water partition coefficient (Wildman–Crippen LogP) is 3.79. The summed E-state index contributed by atoms with van der Waals surface area (Å²) in [5.74, 6) is 0.206. The lowest BCUT2D eigenvalue weighted by molar-refractivity contribution is 0.625. The van der Waals surface area contributed by atoms with Crippen LogP contribution in [0.15, 0.2) is 34.5 Å². The third kappa shape index (κ3) is 2.15. The van der Waals surface area contributed by atoms with Gasteiger partial charge in [0, 0.05) is 5.02 Å². The van der Waals surface area contributed by atoms with Crippen LogP contribution in [-0.4, -0.2) is 16.7 Å². The van der Waals surface area contributed by atoms with E-state index >= 15 is 0 Å². The molecule has 1 aromatic heterocycles. The molecule has 92 valence electrons. The monoisotopic (exact) mass is 278 g/mol. The molecule has 2 unspecified atom stereocenters. The van der Waals surface area contributed by atoms with Crippen molar-refractivity contribution in [1.29, 1.82) is 0 Å². The molecule has 3 rings (SSSR count). The number of nitrogens with zero attached hydrogens (tertiary/aromatic N) is 4. The molecule has 2 aromatic rings. The molecule has 2 heterocycles. The van der Waals surface area contributed by atoms with E-state index in [-0.39, 0.29) is 12.0 Å². The summed E-state index contributed by atoms with van der Waals surface area (Å²) in [6, 6.07) is 7.80. The number of aromatic nitrogens is 2. The third-order valence-corrected chi connectivity index (χ3v) is 4.16. The van der Waals surface area contributed by atoms with Crippen LogP contribution in [0.2, 0.25) is 5.02 Å². The molecule has 6 heteroatoms. The SMILES string of the molecule is Cc1nnc(C2CN=NC2c2ccc(Cl)cc2)s1. The second kappa shape index (κ2) is 4.74. The summed E-state index contributed by atoms with van der Waals surface area (Å²) >= 11 is 7.52. The first-order chi connectivity index (χ1) is 8.74. The summed E-state index contributed by atoms with van der Waals surface area (Å²) in [5.41, 5.74) is 1.12. The van der Waals surface area contributed by atoms with Crippen LogP contribution in [-0.2, 0) is 0 Å². The van der Waals surface area contributed by atoms with Gasteiger partial charge in [-0.3, -0.25) is 0 Å². The van der Waals surface area contributed by atoms with Crippen LogP contribution in [0.4, 0.5) is 0 Å². The minimum absolute atomic E-state index is 0.0367. The largest absolute Gasteiger partial charge is 0.193 e. The lowest BCUT2D eigenvalue weighted by Crippen LogP contribution is -2.07. The molecule has 1 aliphatic heterocycles. The minimum Gasteiger partial charge on any atom is -0.193 e. The fourth-order valence-corrected chi connectivity index (χ4v) is 2.98. The summed E-state index contributed by atoms with van der Waals surface area (Å²) in [5, 5.41) is 19.5. The highest BCUT2D eigenvalue weighted by molar-refractivity contribution is 7.11. The summed E-state index contributed by atoms with van der Waals surface area (Å²) in [6.45, 7) is 2.64. The molecular formula is C12H11ClN4S. The molecule has 18 heavy (non-hydrogen) atoms. The molecule has 0 saturated carbocycles. The molecule has 0 radical (unpaired) electrons. The smallest absolute Gasteiger partial charge is 0.125 e. The zero-order valence-electron chi connectivity index (χ0n) is 9.75. The van der Waals surface area contributed by atoms with Crippen molar-refractivity contribution in [3.05, 3.63) is 44.9 Å². The van der Waals surface area contributed by atoms with Crippen molar-refractivity contribution in [2.75, 3.05) is 6.54 Å². The van der Waals surface area contributed by atoms with Crippen LogP contribution in [0.1, 0.15) is 27.5 Å². The molecule has 1 aromatic carbocycles. The van der Waals surface area contributed by atoms with E-state index in [0.717, 1.165) is 20.6 Å². The molecule has 4 nitrogen and oxygen atoms in total. The minimum atomic E-state index is 0.0367. The Morgan fingerprint density at radius 2 is 2.00 bits per heavy atom. The van der Waals surface area contributed by atoms with Gasteiger partial charge in [0.2, 0.25) is 0 Å². The number of rotatable bonds is 2. The van der Waals surface area contributed by atoms with Gasteiger partial charge in [0.05, 0.1) is 12.5 Å². The van der Waals surface area contributed by atoms with E-state index < -0.39 is 0 Å². The van der Waals surface area contributed by atoms with Gasteiger partial charge in [-0.2, -0.15) is 10.2 Å². The first-order valence-corrected chi connectivity index (χ1v) is 6.85. The average molecular weight is 279 g/mol. The summed E-state index contributed by atoms with van der Waals surface area (Å²) in [6.07, 6.45) is 0. The number of hydrogen-bond acceptors (Lipinski definition) is 5. The first kappa shape index (κ1) is 11.7. The van der Waals surface area contributed by atoms with Crippen molar-refractivity contribution >= 4 is 22.9 Å². The number of aryl methyl sites for hydroxylation is 1. The van der Waals surface area contributed by atoms with Crippen molar-refractivity contribution < 1.29 is 0 Å². The molecule has 0 aliphatic carbocycles. The van der Waals surface area contributed by atoms with E-state index in [4.69, 9.17) is 11.6 Å². The number of azo groups is 1. The molecule has 0 saturated heterocycles. The fourth-order valence-electron chi connectivity index (χ4n) is 2.04. The molecular weight excluding hydrogens is 268 g/mol. The van der Waals surface area contributed by atoms with E-state index in [1.807, 2.05) is 31.2 Å². The molecule has 0 fully saturated rings. The highest BCUT2D eigenvalue weighted by Gasteiger charge is 2.31. The van der Waals surface area contributed by atoms with E-state index in [0.29, 0.717) is 6.54 Å². The van der Waals surface area contributed by atoms with Gasteiger partial charge in [0.15, 0.2) is 0 Å². The topological polar surface area (TPSA) is 50.5 Å². The second-order valence-electron chi connectivity index (χ2n) is 4.20. The van der Waals surface area contributed by atoms with Gasteiger partial charge in [0.1, 0.15) is 16.1 Å². The zero-order chi connectivity index (χ0) is 12.5. The maximum absolute atomic E-state index is 5.90. The van der Waals surface area contributed by atoms with Crippen molar-refractivity contribution in [1.82, 2.24) is 10.2 Å². The Balaban J connectivity index is 1.91. The van der Waals surface area contributed by atoms with E-state index in [1.165, 1.54) is 0 Å². The highest BCUT2D eigenvalue weighted by Crippen LogP contribution is 2.40. The van der Waals surface area contributed by atoms with Crippen molar-refractivity contribution in [2.45, 2.75) is 18.9 Å². The molecule has 0 amide bonds. The Hall–Kier alpha value is -1.33. The van der Waals surface area contributed by atoms with Crippen LogP contribution >= 0.6 is 22.9 Å². The zero-order valence-corrected chi connectivity index (χ0v) is 11.3. The number of hydrogen-bond donors (Lipinski definition) is 0. The van der Waals surface area contributed by atoms with E-state index in [1.54, 1.807) is 11.3 Å². The van der Waals surface area contributed by atoms with Gasteiger partial charge in [-0.25, -0.2) is 0 Å². The Morgan fingerprint density at radius 1 is 1.22 bits per heavy atom. The second-order valence-corrected chi connectivity index (χ2v) is 5.85. The fraction of sp³-hybridized carbons (Fsp3) is 0.333. The first-order valence-electron chi connectivity index (χ1n) is 5.66. The van der Waals surface area contributed by atoms with E-state index in [9.17, 15) is 0 Å². The maximum Gasteiger partial charge on any atom is 0.125 e. The molecule has 0 N–H and O–H groups in total. The molecule has 1 aliphatic rings. The van der Waals surface area contributed by atoms with Crippen molar-refractivity contribution in [3.8, 4) is 0 Å². The van der Waals surface area contributed by atoms with Gasteiger partial charge in [-0.1, -0.05) is 23.7 Å². The van der Waals surface area contributed by atoms with Gasteiger partial charge in [-0.05, 0) is 24.6 Å². The van der Waals surface area contributed by atoms with Crippen LogP contribution in [0.25, 0.3) is 0 Å². The molecule has 0 spiro atoms. The van der Waals surface area contributed by atoms with E-state index in [2.05, 4.69) is 20.4 Å². The standard InChI is InChI=1S/C12H11ClN4S/c1-7-15-17-12(18-7)10-6-14-16-11(10)8-2-4-9(13)5-3-8/h2-5,10-11H,6H2,1H3. The van der Waals surface area contributed by atoms with Crippen LogP contribution in [0.5, 0.6) is 0 Å². The molecule has 0 bridgehead atoms. The quantitative estimate of drug-likeness (QED) is 0.839. The summed E-state index contributed by atoms with van der Waals surface area (Å²) < 4.78 is 0. The van der Waals surface area contributed by atoms with Gasteiger partial charge < -0.3 is 0 Å². The summed E-state index contributed by atoms with van der Waals surface area (Å²) in [4.78, 5) is 0. The summed E-state index contributed by atoms with van der Waals surface area (Å²) in [7, 11) is 0. The van der Waals surface area contributed by atoms with Crippen LogP contribution in [0.3, 0.4) is 0 Å². The maximum atomic E-state index is 5.90. The number of benzene rings is 1. The molecule has 2 atom stereocenters. The Bertz CT molecular complexity index is 578. The van der Waals surface area contributed by atoms with Crippen LogP contribution < -0.4 is 0 Å². The normalized spacial score (nSPS) is 22.6. The van der Waals surface area contributed by atoms with Crippen molar-refractivity contribution in [2.24, 2.45) is 10.2 Å². The van der Waals surface area contributed by atoms with Crippen molar-refractivity contribution in [3.63, 3.8) is 0 Å². The Kier molecular flexibility index (Phi) is 3.09. The highest BCUT2D eigenvalue weighted by atomic mass is 35.5. The van der Waals surface area contributed by atoms with Gasteiger partial charge in [-0.15, -0.1) is 21.5 Å². The Morgan fingerprint density at radius 3 is 2.67 bits per heavy atom. The average Bonchev–Trinajstić information content (AvgIpc) is 2.98. The Labute approximate surface area is 114 Å². The lowest BCUT2D eigenvalue weighted by Gasteiger charge is -2.13. The van der Waals surface area contributed by atoms with Gasteiger partial charge in [0.25, 0.3) is 0 Å². The third-order valence-electron chi connectivity index (χ3n) is 2.94. The lowest BCUT2D eigenvalue weighted by atomic mass is 9.95. The number of halogens is 1. The van der Waals surface area contributed by atoms with Crippen LogP contribution in [0, 0.1) is 6.92 Å². The van der Waals surface area contributed by atoms with Gasteiger partial charge >= 0.3 is 0 Å². The predicted molar refractivity (Wildman–Crippen MR) is 71.3 cm³/mol.